The molecular formula is C7H7N5S. The molecule has 0 aliphatic carbocycles. The number of H-pyrrole nitrogens is 1. The molecule has 0 bridgehead atoms. The Kier molecular flexibility index (Phi) is 1.90. The summed E-state index contributed by atoms with van der Waals surface area (Å²) < 4.78 is 0.447. The summed E-state index contributed by atoms with van der Waals surface area (Å²) in [5.41, 5.74) is 1.59. The molecule has 5 nitrogen and oxygen atoms in total. The topological polar surface area (TPSA) is 59.4 Å². The molecule has 0 aliphatic heterocycles. The van der Waals surface area contributed by atoms with Crippen molar-refractivity contribution in [1.29, 1.82) is 0 Å². The van der Waals surface area contributed by atoms with Gasteiger partial charge < -0.3 is 4.98 Å². The third-order valence-corrected chi connectivity index (χ3v) is 1.76. The van der Waals surface area contributed by atoms with Gasteiger partial charge in [0.1, 0.15) is 5.69 Å². The second kappa shape index (κ2) is 3.06. The average Bonchev–Trinajstić information content (AvgIpc) is 2.52. The minimum Gasteiger partial charge on any atom is -0.329 e. The SMILES string of the molecule is Cn1ncc(-c2ccnc(=S)[nH]2)n1. The molecule has 0 atom stereocenters. The predicted octanol–water partition coefficient (Wildman–Crippen LogP) is 0.935. The second-order valence-corrected chi connectivity index (χ2v) is 2.89. The lowest BCUT2D eigenvalue weighted by Crippen LogP contribution is -1.92. The fraction of sp³-hybridized carbons (Fsp3) is 0.143. The van der Waals surface area contributed by atoms with Crippen LogP contribution in [-0.2, 0) is 7.05 Å². The van der Waals surface area contributed by atoms with Crippen LogP contribution in [0, 0.1) is 4.77 Å². The molecular weight excluding hydrogens is 186 g/mol. The van der Waals surface area contributed by atoms with Gasteiger partial charge in [0.2, 0.25) is 0 Å². The smallest absolute Gasteiger partial charge is 0.197 e. The largest absolute Gasteiger partial charge is 0.329 e. The number of aryl methyl sites for hydroxylation is 1. The van der Waals surface area contributed by atoms with Crippen LogP contribution in [0.2, 0.25) is 0 Å². The average molecular weight is 193 g/mol. The van der Waals surface area contributed by atoms with Crippen molar-refractivity contribution < 1.29 is 0 Å². The Hall–Kier alpha value is -1.56. The van der Waals surface area contributed by atoms with Crippen LogP contribution in [-0.4, -0.2) is 25.0 Å². The zero-order valence-corrected chi connectivity index (χ0v) is 7.75. The van der Waals surface area contributed by atoms with Crippen molar-refractivity contribution in [3.05, 3.63) is 23.2 Å². The quantitative estimate of drug-likeness (QED) is 0.684. The van der Waals surface area contributed by atoms with Crippen molar-refractivity contribution in [2.24, 2.45) is 7.05 Å². The highest BCUT2D eigenvalue weighted by Crippen LogP contribution is 2.09. The first-order chi connectivity index (χ1) is 6.25. The molecule has 0 saturated carbocycles. The van der Waals surface area contributed by atoms with Gasteiger partial charge in [0.15, 0.2) is 4.77 Å². The predicted molar refractivity (Wildman–Crippen MR) is 49.4 cm³/mol. The maximum atomic E-state index is 4.88. The number of hydrogen-bond donors (Lipinski definition) is 1. The van der Waals surface area contributed by atoms with E-state index in [-0.39, 0.29) is 0 Å². The molecule has 1 N–H and O–H groups in total. The van der Waals surface area contributed by atoms with Gasteiger partial charge in [-0.1, -0.05) is 0 Å². The van der Waals surface area contributed by atoms with E-state index in [0.717, 1.165) is 11.4 Å². The van der Waals surface area contributed by atoms with Crippen molar-refractivity contribution in [3.63, 3.8) is 0 Å². The van der Waals surface area contributed by atoms with Crippen molar-refractivity contribution in [2.45, 2.75) is 0 Å². The van der Waals surface area contributed by atoms with E-state index in [1.54, 1.807) is 25.5 Å². The Morgan fingerprint density at radius 1 is 1.54 bits per heavy atom. The molecule has 0 aliphatic rings. The highest BCUT2D eigenvalue weighted by molar-refractivity contribution is 7.71. The van der Waals surface area contributed by atoms with Crippen molar-refractivity contribution >= 4 is 12.2 Å². The van der Waals surface area contributed by atoms with Gasteiger partial charge in [-0.25, -0.2) is 4.98 Å². The lowest BCUT2D eigenvalue weighted by molar-refractivity contribution is 0.655. The molecule has 0 radical (unpaired) electrons. The van der Waals surface area contributed by atoms with Crippen molar-refractivity contribution in [1.82, 2.24) is 25.0 Å². The van der Waals surface area contributed by atoms with Crippen LogP contribution < -0.4 is 0 Å². The standard InChI is InChI=1S/C7H7N5S/c1-12-9-4-6(11-12)5-2-3-8-7(13)10-5/h2-4H,1H3,(H,8,10,13). The Bertz CT molecular complexity index is 471. The molecule has 13 heavy (non-hydrogen) atoms. The molecule has 6 heteroatoms. The summed E-state index contributed by atoms with van der Waals surface area (Å²) in [7, 11) is 1.76. The highest BCUT2D eigenvalue weighted by atomic mass is 32.1. The zero-order valence-electron chi connectivity index (χ0n) is 6.93. The maximum Gasteiger partial charge on any atom is 0.197 e. The van der Waals surface area contributed by atoms with E-state index < -0.39 is 0 Å². The molecule has 0 saturated heterocycles. The summed E-state index contributed by atoms with van der Waals surface area (Å²) in [6, 6.07) is 1.81. The van der Waals surface area contributed by atoms with Crippen LogP contribution in [0.15, 0.2) is 18.5 Å². The Labute approximate surface area is 79.4 Å². The number of aromatic nitrogens is 5. The third kappa shape index (κ3) is 1.62. The van der Waals surface area contributed by atoms with Gasteiger partial charge in [0, 0.05) is 13.2 Å². The lowest BCUT2D eigenvalue weighted by Gasteiger charge is -1.93. The molecule has 0 fully saturated rings. The summed E-state index contributed by atoms with van der Waals surface area (Å²) in [6.45, 7) is 0. The van der Waals surface area contributed by atoms with Crippen LogP contribution in [0.4, 0.5) is 0 Å². The Balaban J connectivity index is 2.52. The molecule has 0 aromatic carbocycles. The van der Waals surface area contributed by atoms with Gasteiger partial charge in [-0.2, -0.15) is 15.0 Å². The van der Waals surface area contributed by atoms with E-state index in [4.69, 9.17) is 12.2 Å². The Morgan fingerprint density at radius 2 is 2.38 bits per heavy atom. The number of aromatic amines is 1. The molecule has 2 aromatic rings. The van der Waals surface area contributed by atoms with Crippen LogP contribution in [0.25, 0.3) is 11.4 Å². The minimum atomic E-state index is 0.447. The number of nitrogens with one attached hydrogen (secondary N) is 1. The van der Waals surface area contributed by atoms with Gasteiger partial charge in [-0.05, 0) is 18.3 Å². The van der Waals surface area contributed by atoms with Crippen LogP contribution >= 0.6 is 12.2 Å². The Morgan fingerprint density at radius 3 is 3.00 bits per heavy atom. The van der Waals surface area contributed by atoms with Crippen LogP contribution in [0.3, 0.4) is 0 Å². The van der Waals surface area contributed by atoms with Crippen molar-refractivity contribution in [2.75, 3.05) is 0 Å². The molecule has 0 unspecified atom stereocenters. The zero-order chi connectivity index (χ0) is 9.26. The second-order valence-electron chi connectivity index (χ2n) is 2.51. The van der Waals surface area contributed by atoms with E-state index in [1.807, 2.05) is 0 Å². The summed E-state index contributed by atoms with van der Waals surface area (Å²) >= 11 is 4.88. The molecule has 2 heterocycles. The molecule has 0 spiro atoms. The fourth-order valence-corrected chi connectivity index (χ4v) is 1.16. The number of hydrogen-bond acceptors (Lipinski definition) is 4. The van der Waals surface area contributed by atoms with E-state index in [2.05, 4.69) is 20.2 Å². The minimum absolute atomic E-state index is 0.447. The van der Waals surface area contributed by atoms with Gasteiger partial charge in [0.05, 0.1) is 11.9 Å². The first-order valence-corrected chi connectivity index (χ1v) is 4.08. The summed E-state index contributed by atoms with van der Waals surface area (Å²) in [5, 5.41) is 8.08. The molecule has 0 amide bonds. The first-order valence-electron chi connectivity index (χ1n) is 3.68. The highest BCUT2D eigenvalue weighted by Gasteiger charge is 2.00. The molecule has 66 valence electrons. The van der Waals surface area contributed by atoms with Gasteiger partial charge in [-0.3, -0.25) is 0 Å². The van der Waals surface area contributed by atoms with Gasteiger partial charge in [0.25, 0.3) is 0 Å². The van der Waals surface area contributed by atoms with E-state index in [1.165, 1.54) is 4.80 Å². The third-order valence-electron chi connectivity index (χ3n) is 1.55. The summed E-state index contributed by atoms with van der Waals surface area (Å²) in [5.74, 6) is 0. The summed E-state index contributed by atoms with van der Waals surface area (Å²) in [4.78, 5) is 8.29. The number of nitrogens with zero attached hydrogens (tertiary/aromatic N) is 4. The van der Waals surface area contributed by atoms with Crippen LogP contribution in [0.5, 0.6) is 0 Å². The monoisotopic (exact) mass is 193 g/mol. The summed E-state index contributed by atoms with van der Waals surface area (Å²) in [6.07, 6.45) is 3.31. The van der Waals surface area contributed by atoms with E-state index in [9.17, 15) is 0 Å². The normalized spacial score (nSPS) is 10.2. The van der Waals surface area contributed by atoms with Gasteiger partial charge in [-0.15, -0.1) is 0 Å². The molecule has 2 rings (SSSR count). The van der Waals surface area contributed by atoms with Crippen molar-refractivity contribution in [3.8, 4) is 11.4 Å². The van der Waals surface area contributed by atoms with Gasteiger partial charge >= 0.3 is 0 Å². The van der Waals surface area contributed by atoms with Crippen LogP contribution in [0.1, 0.15) is 0 Å². The van der Waals surface area contributed by atoms with E-state index >= 15 is 0 Å². The number of rotatable bonds is 1. The fourth-order valence-electron chi connectivity index (χ4n) is 0.987. The first kappa shape index (κ1) is 8.06. The lowest BCUT2D eigenvalue weighted by atomic mass is 10.3. The van der Waals surface area contributed by atoms with E-state index in [0.29, 0.717) is 4.77 Å². The molecule has 2 aromatic heterocycles. The maximum absolute atomic E-state index is 4.88.